The van der Waals surface area contributed by atoms with E-state index in [1.165, 1.54) is 12.8 Å². The number of carbonyl (C=O) groups excluding carboxylic acids is 1. The fraction of sp³-hybridized carbons (Fsp3) is 0.350. The number of amides is 1. The lowest BCUT2D eigenvalue weighted by Crippen LogP contribution is -2.40. The van der Waals surface area contributed by atoms with E-state index < -0.39 is 0 Å². The van der Waals surface area contributed by atoms with E-state index in [2.05, 4.69) is 17.1 Å². The maximum atomic E-state index is 13.4. The number of pyridine rings is 1. The third kappa shape index (κ3) is 2.92. The van der Waals surface area contributed by atoms with E-state index in [0.717, 1.165) is 22.9 Å². The van der Waals surface area contributed by atoms with Gasteiger partial charge < -0.3 is 9.64 Å². The van der Waals surface area contributed by atoms with Gasteiger partial charge in [-0.25, -0.2) is 0 Å². The SMILES string of the molecule is COc1ccc(N(C(=O)c2ccc3nnc(C)n3c2)[C@@H](C)C2CC2)cc1. The van der Waals surface area contributed by atoms with Gasteiger partial charge in [-0.1, -0.05) is 0 Å². The van der Waals surface area contributed by atoms with Crippen LogP contribution < -0.4 is 9.64 Å². The molecule has 4 rings (SSSR count). The van der Waals surface area contributed by atoms with Crippen LogP contribution in [-0.2, 0) is 0 Å². The molecule has 2 heterocycles. The van der Waals surface area contributed by atoms with Gasteiger partial charge in [-0.05, 0) is 69.0 Å². The van der Waals surface area contributed by atoms with Crippen molar-refractivity contribution in [2.75, 3.05) is 12.0 Å². The van der Waals surface area contributed by atoms with E-state index in [9.17, 15) is 4.79 Å². The molecule has 6 heteroatoms. The summed E-state index contributed by atoms with van der Waals surface area (Å²) in [6, 6.07) is 11.5. The maximum absolute atomic E-state index is 13.4. The molecule has 0 unspecified atom stereocenters. The van der Waals surface area contributed by atoms with Crippen LogP contribution in [-0.4, -0.2) is 33.7 Å². The van der Waals surface area contributed by atoms with Gasteiger partial charge in [0, 0.05) is 17.9 Å². The molecule has 26 heavy (non-hydrogen) atoms. The fourth-order valence-corrected chi connectivity index (χ4v) is 3.34. The highest BCUT2D eigenvalue weighted by atomic mass is 16.5. The van der Waals surface area contributed by atoms with Gasteiger partial charge in [0.25, 0.3) is 5.91 Å². The van der Waals surface area contributed by atoms with Crippen molar-refractivity contribution < 1.29 is 9.53 Å². The van der Waals surface area contributed by atoms with Gasteiger partial charge in [0.2, 0.25) is 0 Å². The number of hydrogen-bond donors (Lipinski definition) is 0. The van der Waals surface area contributed by atoms with Crippen LogP contribution in [0.5, 0.6) is 5.75 Å². The van der Waals surface area contributed by atoms with Crippen LogP contribution in [0.4, 0.5) is 5.69 Å². The molecule has 1 saturated carbocycles. The zero-order valence-electron chi connectivity index (χ0n) is 15.2. The van der Waals surface area contributed by atoms with Crippen LogP contribution in [0.1, 0.15) is 35.9 Å². The third-order valence-corrected chi connectivity index (χ3v) is 5.10. The second kappa shape index (κ2) is 6.44. The van der Waals surface area contributed by atoms with E-state index in [1.807, 2.05) is 58.8 Å². The van der Waals surface area contributed by atoms with Gasteiger partial charge in [0.15, 0.2) is 5.65 Å². The quantitative estimate of drug-likeness (QED) is 0.707. The Kier molecular flexibility index (Phi) is 4.11. The Balaban J connectivity index is 1.73. The first-order valence-corrected chi connectivity index (χ1v) is 8.87. The molecule has 0 saturated heterocycles. The Morgan fingerprint density at radius 3 is 2.58 bits per heavy atom. The Morgan fingerprint density at radius 2 is 1.92 bits per heavy atom. The van der Waals surface area contributed by atoms with Crippen LogP contribution in [0, 0.1) is 12.8 Å². The summed E-state index contributed by atoms with van der Waals surface area (Å²) in [5.74, 6) is 2.09. The van der Waals surface area contributed by atoms with E-state index in [4.69, 9.17) is 4.74 Å². The number of benzene rings is 1. The van der Waals surface area contributed by atoms with Gasteiger partial charge in [0.05, 0.1) is 12.7 Å². The molecule has 0 radical (unpaired) electrons. The van der Waals surface area contributed by atoms with Crippen molar-refractivity contribution in [3.05, 3.63) is 54.0 Å². The van der Waals surface area contributed by atoms with Gasteiger partial charge in [-0.3, -0.25) is 9.20 Å². The molecule has 1 aromatic carbocycles. The van der Waals surface area contributed by atoms with Crippen LogP contribution in [0.15, 0.2) is 42.6 Å². The first-order chi connectivity index (χ1) is 12.6. The normalized spacial score (nSPS) is 15.0. The van der Waals surface area contributed by atoms with Crippen LogP contribution in [0.3, 0.4) is 0 Å². The van der Waals surface area contributed by atoms with Crippen molar-refractivity contribution >= 4 is 17.2 Å². The molecule has 0 aliphatic heterocycles. The standard InChI is InChI=1S/C20H22N4O2/c1-13(15-4-5-15)24(17-7-9-18(26-3)10-8-17)20(25)16-6-11-19-22-21-14(2)23(19)12-16/h6-13,15H,4-5H2,1-3H3/t13-/m0/s1. The summed E-state index contributed by atoms with van der Waals surface area (Å²) in [4.78, 5) is 15.3. The van der Waals surface area contributed by atoms with Crippen molar-refractivity contribution in [3.63, 3.8) is 0 Å². The lowest BCUT2D eigenvalue weighted by Gasteiger charge is -2.30. The average Bonchev–Trinajstić information content (AvgIpc) is 3.46. The molecule has 0 N–H and O–H groups in total. The highest BCUT2D eigenvalue weighted by Gasteiger charge is 2.35. The van der Waals surface area contributed by atoms with E-state index >= 15 is 0 Å². The number of nitrogens with zero attached hydrogens (tertiary/aromatic N) is 4. The number of carbonyl (C=O) groups is 1. The zero-order valence-corrected chi connectivity index (χ0v) is 15.2. The summed E-state index contributed by atoms with van der Waals surface area (Å²) in [7, 11) is 1.64. The summed E-state index contributed by atoms with van der Waals surface area (Å²) < 4.78 is 7.09. The molecule has 0 bridgehead atoms. The van der Waals surface area contributed by atoms with E-state index in [-0.39, 0.29) is 11.9 Å². The van der Waals surface area contributed by atoms with Gasteiger partial charge in [0.1, 0.15) is 11.6 Å². The summed E-state index contributed by atoms with van der Waals surface area (Å²) in [5, 5.41) is 8.15. The fourth-order valence-electron chi connectivity index (χ4n) is 3.34. The zero-order chi connectivity index (χ0) is 18.3. The minimum Gasteiger partial charge on any atom is -0.497 e. The summed E-state index contributed by atoms with van der Waals surface area (Å²) in [5.41, 5.74) is 2.25. The molecule has 0 spiro atoms. The largest absolute Gasteiger partial charge is 0.497 e. The molecule has 6 nitrogen and oxygen atoms in total. The van der Waals surface area contributed by atoms with Crippen molar-refractivity contribution in [3.8, 4) is 5.75 Å². The minimum absolute atomic E-state index is 0.00966. The predicted octanol–water partition coefficient (Wildman–Crippen LogP) is 3.49. The van der Waals surface area contributed by atoms with Crippen molar-refractivity contribution in [1.29, 1.82) is 0 Å². The second-order valence-corrected chi connectivity index (χ2v) is 6.84. The Hall–Kier alpha value is -2.89. The van der Waals surface area contributed by atoms with E-state index in [0.29, 0.717) is 11.5 Å². The minimum atomic E-state index is -0.00966. The Labute approximate surface area is 152 Å². The predicted molar refractivity (Wildman–Crippen MR) is 99.7 cm³/mol. The molecule has 3 aromatic rings. The number of methoxy groups -OCH3 is 1. The molecule has 1 fully saturated rings. The number of anilines is 1. The first-order valence-electron chi connectivity index (χ1n) is 8.87. The number of hydrogen-bond acceptors (Lipinski definition) is 4. The molecule has 1 aliphatic rings. The summed E-state index contributed by atoms with van der Waals surface area (Å²) >= 11 is 0. The number of fused-ring (bicyclic) bond motifs is 1. The molecule has 1 atom stereocenters. The Morgan fingerprint density at radius 1 is 1.19 bits per heavy atom. The van der Waals surface area contributed by atoms with Gasteiger partial charge in [-0.15, -0.1) is 10.2 Å². The second-order valence-electron chi connectivity index (χ2n) is 6.84. The molecule has 1 aliphatic carbocycles. The van der Waals surface area contributed by atoms with Crippen molar-refractivity contribution in [1.82, 2.24) is 14.6 Å². The monoisotopic (exact) mass is 350 g/mol. The first kappa shape index (κ1) is 16.6. The lowest BCUT2D eigenvalue weighted by molar-refractivity contribution is 0.0975. The summed E-state index contributed by atoms with van der Waals surface area (Å²) in [6.45, 7) is 4.00. The van der Waals surface area contributed by atoms with E-state index in [1.54, 1.807) is 7.11 Å². The number of ether oxygens (including phenoxy) is 1. The molecule has 134 valence electrons. The molecule has 2 aromatic heterocycles. The number of rotatable bonds is 5. The summed E-state index contributed by atoms with van der Waals surface area (Å²) in [6.07, 6.45) is 4.17. The van der Waals surface area contributed by atoms with Crippen LogP contribution >= 0.6 is 0 Å². The van der Waals surface area contributed by atoms with Gasteiger partial charge >= 0.3 is 0 Å². The van der Waals surface area contributed by atoms with Crippen LogP contribution in [0.2, 0.25) is 0 Å². The highest BCUT2D eigenvalue weighted by Crippen LogP contribution is 2.38. The molecule has 1 amide bonds. The third-order valence-electron chi connectivity index (χ3n) is 5.10. The maximum Gasteiger partial charge on any atom is 0.260 e. The number of aromatic nitrogens is 3. The average molecular weight is 350 g/mol. The Bertz CT molecular complexity index is 944. The number of aryl methyl sites for hydroxylation is 1. The topological polar surface area (TPSA) is 59.7 Å². The van der Waals surface area contributed by atoms with Crippen LogP contribution in [0.25, 0.3) is 5.65 Å². The highest BCUT2D eigenvalue weighted by molar-refractivity contribution is 6.06. The lowest BCUT2D eigenvalue weighted by atomic mass is 10.1. The molecular formula is C20H22N4O2. The van der Waals surface area contributed by atoms with Crippen molar-refractivity contribution in [2.24, 2.45) is 5.92 Å². The van der Waals surface area contributed by atoms with Crippen molar-refractivity contribution in [2.45, 2.75) is 32.7 Å². The smallest absolute Gasteiger partial charge is 0.260 e. The van der Waals surface area contributed by atoms with Gasteiger partial charge in [-0.2, -0.15) is 0 Å². The molecular weight excluding hydrogens is 328 g/mol.